The maximum absolute atomic E-state index is 11.6. The van der Waals surface area contributed by atoms with Crippen LogP contribution in [0, 0.1) is 0 Å². The van der Waals surface area contributed by atoms with Crippen molar-refractivity contribution in [2.24, 2.45) is 0 Å². The molecule has 0 aliphatic rings. The Morgan fingerprint density at radius 1 is 1.00 bits per heavy atom. The largest absolute Gasteiger partial charge is 0.478 e. The van der Waals surface area contributed by atoms with Crippen molar-refractivity contribution in [2.75, 3.05) is 0 Å². The molecule has 5 nitrogen and oxygen atoms in total. The molecule has 0 bridgehead atoms. The molecule has 0 aliphatic heterocycles. The van der Waals surface area contributed by atoms with Crippen molar-refractivity contribution in [2.45, 2.75) is 12.8 Å². The van der Waals surface area contributed by atoms with Gasteiger partial charge in [-0.15, -0.1) is 11.3 Å². The topological polar surface area (TPSA) is 68.0 Å². The molecule has 0 saturated heterocycles. The fourth-order valence-corrected chi connectivity index (χ4v) is 3.78. The predicted octanol–water partition coefficient (Wildman–Crippen LogP) is 4.48. The molecule has 0 amide bonds. The fourth-order valence-electron chi connectivity index (χ4n) is 2.97. The highest BCUT2D eigenvalue weighted by molar-refractivity contribution is 7.12. The summed E-state index contributed by atoms with van der Waals surface area (Å²) in [6.07, 6.45) is 2.72. The van der Waals surface area contributed by atoms with E-state index in [1.54, 1.807) is 4.68 Å². The summed E-state index contributed by atoms with van der Waals surface area (Å²) in [5.41, 5.74) is 3.93. The minimum Gasteiger partial charge on any atom is -0.478 e. The van der Waals surface area contributed by atoms with Crippen molar-refractivity contribution in [3.63, 3.8) is 0 Å². The zero-order chi connectivity index (χ0) is 18.6. The van der Waals surface area contributed by atoms with E-state index >= 15 is 0 Å². The summed E-state index contributed by atoms with van der Waals surface area (Å²) in [5.74, 6) is -0.968. The lowest BCUT2D eigenvalue weighted by molar-refractivity contribution is 0.0695. The van der Waals surface area contributed by atoms with Crippen LogP contribution in [0.4, 0.5) is 0 Å². The second-order valence-corrected chi connectivity index (χ2v) is 6.93. The number of thiazole rings is 1. The van der Waals surface area contributed by atoms with Crippen LogP contribution < -0.4 is 0 Å². The van der Waals surface area contributed by atoms with Crippen LogP contribution in [-0.2, 0) is 12.8 Å². The number of hydrogen-bond donors (Lipinski definition) is 1. The summed E-state index contributed by atoms with van der Waals surface area (Å²) < 4.78 is 1.66. The SMILES string of the molecule is O=C(O)c1cnn(-c2nc(-c3ccccc3)cs2)c1CCc1ccccc1. The Hall–Kier alpha value is -3.25. The molecule has 6 heteroatoms. The van der Waals surface area contributed by atoms with E-state index in [2.05, 4.69) is 10.1 Å². The number of benzene rings is 2. The van der Waals surface area contributed by atoms with Crippen LogP contribution in [0.5, 0.6) is 0 Å². The Kier molecular flexibility index (Phi) is 4.80. The third-order valence-electron chi connectivity index (χ3n) is 4.34. The van der Waals surface area contributed by atoms with Gasteiger partial charge in [0.05, 0.1) is 17.6 Å². The molecule has 0 aliphatic carbocycles. The molecule has 134 valence electrons. The van der Waals surface area contributed by atoms with Crippen molar-refractivity contribution in [1.82, 2.24) is 14.8 Å². The smallest absolute Gasteiger partial charge is 0.339 e. The minimum absolute atomic E-state index is 0.224. The van der Waals surface area contributed by atoms with E-state index in [1.165, 1.54) is 17.5 Å². The van der Waals surface area contributed by atoms with Gasteiger partial charge in [-0.1, -0.05) is 60.7 Å². The number of rotatable bonds is 6. The number of carboxylic acids is 1. The van der Waals surface area contributed by atoms with Crippen molar-refractivity contribution in [1.29, 1.82) is 0 Å². The van der Waals surface area contributed by atoms with Gasteiger partial charge < -0.3 is 5.11 Å². The quantitative estimate of drug-likeness (QED) is 0.539. The fraction of sp³-hybridized carbons (Fsp3) is 0.0952. The highest BCUT2D eigenvalue weighted by Gasteiger charge is 2.19. The number of hydrogen-bond acceptors (Lipinski definition) is 4. The van der Waals surface area contributed by atoms with E-state index < -0.39 is 5.97 Å². The molecule has 4 rings (SSSR count). The third-order valence-corrected chi connectivity index (χ3v) is 5.15. The van der Waals surface area contributed by atoms with Gasteiger partial charge in [0.1, 0.15) is 5.56 Å². The molecular formula is C21H17N3O2S. The number of aromatic nitrogens is 3. The highest BCUT2D eigenvalue weighted by Crippen LogP contribution is 2.26. The summed E-state index contributed by atoms with van der Waals surface area (Å²) in [5, 5.41) is 16.5. The van der Waals surface area contributed by atoms with Crippen molar-refractivity contribution in [3.8, 4) is 16.4 Å². The number of carboxylic acid groups (broad SMARTS) is 1. The minimum atomic E-state index is -0.968. The normalized spacial score (nSPS) is 10.8. The molecule has 4 aromatic rings. The van der Waals surface area contributed by atoms with Crippen LogP contribution in [0.25, 0.3) is 16.4 Å². The van der Waals surface area contributed by atoms with E-state index in [9.17, 15) is 9.90 Å². The second-order valence-electron chi connectivity index (χ2n) is 6.09. The van der Waals surface area contributed by atoms with Crippen LogP contribution in [0.3, 0.4) is 0 Å². The van der Waals surface area contributed by atoms with Gasteiger partial charge in [-0.25, -0.2) is 14.5 Å². The average Bonchev–Trinajstić information content (AvgIpc) is 3.35. The van der Waals surface area contributed by atoms with Crippen LogP contribution in [-0.4, -0.2) is 25.8 Å². The first-order valence-electron chi connectivity index (χ1n) is 8.58. The molecule has 1 N–H and O–H groups in total. The summed E-state index contributed by atoms with van der Waals surface area (Å²) in [6.45, 7) is 0. The Morgan fingerprint density at radius 2 is 1.70 bits per heavy atom. The van der Waals surface area contributed by atoms with E-state index in [4.69, 9.17) is 0 Å². The molecule has 2 aromatic heterocycles. The monoisotopic (exact) mass is 375 g/mol. The second kappa shape index (κ2) is 7.55. The predicted molar refractivity (Wildman–Crippen MR) is 105 cm³/mol. The standard InChI is InChI=1S/C21H17N3O2S/c25-20(26)17-13-22-24(19(17)12-11-15-7-3-1-4-8-15)21-23-18(14-27-21)16-9-5-2-6-10-16/h1-10,13-14H,11-12H2,(H,25,26). The Bertz CT molecular complexity index is 1060. The van der Waals surface area contributed by atoms with Gasteiger partial charge in [-0.2, -0.15) is 5.10 Å². The van der Waals surface area contributed by atoms with E-state index in [0.29, 0.717) is 17.2 Å². The van der Waals surface area contributed by atoms with Crippen LogP contribution >= 0.6 is 11.3 Å². The Morgan fingerprint density at radius 3 is 2.41 bits per heavy atom. The lowest BCUT2D eigenvalue weighted by Gasteiger charge is -2.06. The van der Waals surface area contributed by atoms with Crippen molar-refractivity contribution < 1.29 is 9.90 Å². The molecule has 27 heavy (non-hydrogen) atoms. The van der Waals surface area contributed by atoms with Crippen LogP contribution in [0.1, 0.15) is 21.6 Å². The summed E-state index contributed by atoms with van der Waals surface area (Å²) in [6, 6.07) is 19.9. The molecule has 0 fully saturated rings. The summed E-state index contributed by atoms with van der Waals surface area (Å²) in [7, 11) is 0. The summed E-state index contributed by atoms with van der Waals surface area (Å²) in [4.78, 5) is 16.3. The zero-order valence-corrected chi connectivity index (χ0v) is 15.3. The lowest BCUT2D eigenvalue weighted by Crippen LogP contribution is -2.08. The van der Waals surface area contributed by atoms with Gasteiger partial charge in [0.15, 0.2) is 0 Å². The zero-order valence-electron chi connectivity index (χ0n) is 14.4. The van der Waals surface area contributed by atoms with Crippen molar-refractivity contribution in [3.05, 3.63) is 89.1 Å². The maximum Gasteiger partial charge on any atom is 0.339 e. The highest BCUT2D eigenvalue weighted by atomic mass is 32.1. The molecule has 0 atom stereocenters. The van der Waals surface area contributed by atoms with E-state index in [-0.39, 0.29) is 5.56 Å². The number of aromatic carboxylic acids is 1. The Labute approximate surface area is 160 Å². The van der Waals surface area contributed by atoms with Crippen LogP contribution in [0.2, 0.25) is 0 Å². The van der Waals surface area contributed by atoms with Gasteiger partial charge in [-0.3, -0.25) is 0 Å². The van der Waals surface area contributed by atoms with Gasteiger partial charge in [-0.05, 0) is 18.4 Å². The third kappa shape index (κ3) is 3.66. The molecular weight excluding hydrogens is 358 g/mol. The number of aryl methyl sites for hydroxylation is 1. The van der Waals surface area contributed by atoms with Gasteiger partial charge in [0, 0.05) is 10.9 Å². The van der Waals surface area contributed by atoms with Gasteiger partial charge in [0.25, 0.3) is 0 Å². The van der Waals surface area contributed by atoms with Gasteiger partial charge in [0.2, 0.25) is 5.13 Å². The van der Waals surface area contributed by atoms with Crippen molar-refractivity contribution >= 4 is 17.3 Å². The first-order chi connectivity index (χ1) is 13.2. The molecule has 0 unspecified atom stereocenters. The molecule has 2 heterocycles. The molecule has 2 aromatic carbocycles. The molecule has 0 spiro atoms. The lowest BCUT2D eigenvalue weighted by atomic mass is 10.1. The first-order valence-corrected chi connectivity index (χ1v) is 9.46. The Balaban J connectivity index is 1.67. The average molecular weight is 375 g/mol. The van der Waals surface area contributed by atoms with E-state index in [0.717, 1.165) is 23.2 Å². The number of nitrogens with zero attached hydrogens (tertiary/aromatic N) is 3. The first kappa shape index (κ1) is 17.2. The van der Waals surface area contributed by atoms with Gasteiger partial charge >= 0.3 is 5.97 Å². The van der Waals surface area contributed by atoms with E-state index in [1.807, 2.05) is 66.0 Å². The van der Waals surface area contributed by atoms with Crippen LogP contribution in [0.15, 0.2) is 72.2 Å². The maximum atomic E-state index is 11.6. The molecule has 0 saturated carbocycles. The number of carbonyl (C=O) groups is 1. The summed E-state index contributed by atoms with van der Waals surface area (Å²) >= 11 is 1.45. The molecule has 0 radical (unpaired) electrons.